The zero-order valence-corrected chi connectivity index (χ0v) is 12.2. The van der Waals surface area contributed by atoms with E-state index in [9.17, 15) is 13.6 Å². The van der Waals surface area contributed by atoms with E-state index in [0.29, 0.717) is 11.6 Å². The van der Waals surface area contributed by atoms with Crippen LogP contribution in [0.25, 0.3) is 0 Å². The Morgan fingerprint density at radius 2 is 1.76 bits per heavy atom. The number of nitrogens with zero attached hydrogens (tertiary/aromatic N) is 1. The molecule has 0 aliphatic carbocycles. The molecule has 0 amide bonds. The van der Waals surface area contributed by atoms with E-state index in [1.807, 2.05) is 12.1 Å². The lowest BCUT2D eigenvalue weighted by molar-refractivity contribution is 0.0942. The molecule has 21 heavy (non-hydrogen) atoms. The summed E-state index contributed by atoms with van der Waals surface area (Å²) in [6.45, 7) is 0.681. The van der Waals surface area contributed by atoms with Crippen LogP contribution in [0.3, 0.4) is 0 Å². The van der Waals surface area contributed by atoms with E-state index < -0.39 is 11.6 Å². The van der Waals surface area contributed by atoms with E-state index in [-0.39, 0.29) is 17.9 Å². The monoisotopic (exact) mass is 309 g/mol. The van der Waals surface area contributed by atoms with Gasteiger partial charge >= 0.3 is 0 Å². The summed E-state index contributed by atoms with van der Waals surface area (Å²) in [5, 5.41) is 0.652. The second-order valence-corrected chi connectivity index (χ2v) is 5.29. The molecule has 5 heteroatoms. The summed E-state index contributed by atoms with van der Waals surface area (Å²) in [6, 6.07) is 10.5. The molecule has 2 aromatic rings. The third-order valence-electron chi connectivity index (χ3n) is 3.02. The van der Waals surface area contributed by atoms with Gasteiger partial charge in [-0.15, -0.1) is 0 Å². The van der Waals surface area contributed by atoms with E-state index in [1.165, 1.54) is 6.07 Å². The molecule has 0 N–H and O–H groups in total. The highest BCUT2D eigenvalue weighted by Crippen LogP contribution is 2.12. The van der Waals surface area contributed by atoms with Gasteiger partial charge in [-0.05, 0) is 42.9 Å². The minimum absolute atomic E-state index is 0.119. The topological polar surface area (TPSA) is 20.3 Å². The van der Waals surface area contributed by atoms with Gasteiger partial charge in [0.2, 0.25) is 0 Å². The van der Waals surface area contributed by atoms with Crippen LogP contribution in [0.2, 0.25) is 5.02 Å². The van der Waals surface area contributed by atoms with Crippen molar-refractivity contribution in [3.63, 3.8) is 0 Å². The summed E-state index contributed by atoms with van der Waals surface area (Å²) in [6.07, 6.45) is 0. The molecule has 0 unspecified atom stereocenters. The van der Waals surface area contributed by atoms with Gasteiger partial charge in [0, 0.05) is 17.1 Å². The van der Waals surface area contributed by atoms with Gasteiger partial charge in [0.05, 0.1) is 6.54 Å². The van der Waals surface area contributed by atoms with Crippen LogP contribution in [-0.4, -0.2) is 24.3 Å². The lowest BCUT2D eigenvalue weighted by Crippen LogP contribution is -2.25. The SMILES string of the molecule is CN(CC(=O)c1ccc(F)c(F)c1)Cc1ccc(Cl)cc1. The van der Waals surface area contributed by atoms with Gasteiger partial charge in [-0.3, -0.25) is 9.69 Å². The van der Waals surface area contributed by atoms with E-state index in [0.717, 1.165) is 17.7 Å². The Hall–Kier alpha value is -1.78. The molecule has 0 heterocycles. The Labute approximate surface area is 127 Å². The molecule has 0 aliphatic heterocycles. The maximum atomic E-state index is 13.1. The van der Waals surface area contributed by atoms with E-state index >= 15 is 0 Å². The number of carbonyl (C=O) groups excluding carboxylic acids is 1. The van der Waals surface area contributed by atoms with Gasteiger partial charge < -0.3 is 0 Å². The predicted octanol–water partition coefficient (Wildman–Crippen LogP) is 3.93. The predicted molar refractivity (Wildman–Crippen MR) is 78.5 cm³/mol. The summed E-state index contributed by atoms with van der Waals surface area (Å²) < 4.78 is 25.9. The highest BCUT2D eigenvalue weighted by Gasteiger charge is 2.12. The van der Waals surface area contributed by atoms with Crippen molar-refractivity contribution < 1.29 is 13.6 Å². The quantitative estimate of drug-likeness (QED) is 0.780. The molecular formula is C16H14ClF2NO. The molecule has 0 atom stereocenters. The molecule has 0 spiro atoms. The van der Waals surface area contributed by atoms with Crippen molar-refractivity contribution in [1.82, 2.24) is 4.90 Å². The summed E-state index contributed by atoms with van der Waals surface area (Å²) in [7, 11) is 1.78. The standard InChI is InChI=1S/C16H14ClF2NO/c1-20(9-11-2-5-13(17)6-3-11)10-16(21)12-4-7-14(18)15(19)8-12/h2-8H,9-10H2,1H3. The Bertz CT molecular complexity index is 643. The Morgan fingerprint density at radius 3 is 2.38 bits per heavy atom. The number of rotatable bonds is 5. The average molecular weight is 310 g/mol. The van der Waals surface area contributed by atoms with E-state index in [2.05, 4.69) is 0 Å². The van der Waals surface area contributed by atoms with Crippen molar-refractivity contribution >= 4 is 17.4 Å². The molecule has 110 valence electrons. The lowest BCUT2D eigenvalue weighted by Gasteiger charge is -2.16. The number of carbonyl (C=O) groups is 1. The van der Waals surface area contributed by atoms with Gasteiger partial charge in [0.15, 0.2) is 17.4 Å². The van der Waals surface area contributed by atoms with Crippen molar-refractivity contribution in [2.24, 2.45) is 0 Å². The fraction of sp³-hybridized carbons (Fsp3) is 0.188. The first-order valence-corrected chi connectivity index (χ1v) is 6.75. The number of hydrogen-bond donors (Lipinski definition) is 0. The minimum Gasteiger partial charge on any atom is -0.295 e. The van der Waals surface area contributed by atoms with Gasteiger partial charge in [-0.2, -0.15) is 0 Å². The highest BCUT2D eigenvalue weighted by molar-refractivity contribution is 6.30. The largest absolute Gasteiger partial charge is 0.295 e. The highest BCUT2D eigenvalue weighted by atomic mass is 35.5. The van der Waals surface area contributed by atoms with Crippen LogP contribution in [0.1, 0.15) is 15.9 Å². The first kappa shape index (κ1) is 15.6. The maximum absolute atomic E-state index is 13.1. The summed E-state index contributed by atoms with van der Waals surface area (Å²) >= 11 is 5.81. The minimum atomic E-state index is -1.01. The molecule has 0 saturated heterocycles. The number of Topliss-reactive ketones (excluding diaryl/α,β-unsaturated/α-hetero) is 1. The van der Waals surface area contributed by atoms with Crippen molar-refractivity contribution in [2.45, 2.75) is 6.54 Å². The average Bonchev–Trinajstić information content (AvgIpc) is 2.44. The molecule has 0 radical (unpaired) electrons. The van der Waals surface area contributed by atoms with Gasteiger partial charge in [0.25, 0.3) is 0 Å². The first-order chi connectivity index (χ1) is 9.95. The number of hydrogen-bond acceptors (Lipinski definition) is 2. The van der Waals surface area contributed by atoms with Crippen LogP contribution in [0, 0.1) is 11.6 Å². The van der Waals surface area contributed by atoms with Gasteiger partial charge in [0.1, 0.15) is 0 Å². The number of benzene rings is 2. The smallest absolute Gasteiger partial charge is 0.176 e. The normalized spacial score (nSPS) is 10.9. The molecule has 2 nitrogen and oxygen atoms in total. The molecule has 2 aromatic carbocycles. The van der Waals surface area contributed by atoms with Crippen LogP contribution in [0.4, 0.5) is 8.78 Å². The summed E-state index contributed by atoms with van der Waals surface area (Å²) in [5.41, 5.74) is 1.18. The first-order valence-electron chi connectivity index (χ1n) is 6.37. The second kappa shape index (κ2) is 6.78. The second-order valence-electron chi connectivity index (χ2n) is 4.85. The fourth-order valence-electron chi connectivity index (χ4n) is 1.96. The van der Waals surface area contributed by atoms with E-state index in [4.69, 9.17) is 11.6 Å². The fourth-order valence-corrected chi connectivity index (χ4v) is 2.09. The number of ketones is 1. The van der Waals surface area contributed by atoms with Crippen LogP contribution < -0.4 is 0 Å². The van der Waals surface area contributed by atoms with Crippen LogP contribution in [0.5, 0.6) is 0 Å². The van der Waals surface area contributed by atoms with Crippen molar-refractivity contribution in [3.05, 3.63) is 70.2 Å². The molecule has 0 bridgehead atoms. The molecular weight excluding hydrogens is 296 g/mol. The third-order valence-corrected chi connectivity index (χ3v) is 3.27. The van der Waals surface area contributed by atoms with E-state index in [1.54, 1.807) is 24.1 Å². The molecule has 0 fully saturated rings. The maximum Gasteiger partial charge on any atom is 0.176 e. The van der Waals surface area contributed by atoms with Crippen LogP contribution >= 0.6 is 11.6 Å². The molecule has 2 rings (SSSR count). The molecule has 0 aliphatic rings. The summed E-state index contributed by atoms with van der Waals surface area (Å²) in [5.74, 6) is -2.23. The lowest BCUT2D eigenvalue weighted by atomic mass is 10.1. The molecule has 0 saturated carbocycles. The zero-order valence-electron chi connectivity index (χ0n) is 11.4. The third kappa shape index (κ3) is 4.34. The Kier molecular flexibility index (Phi) is 5.04. The van der Waals surface area contributed by atoms with Crippen LogP contribution in [-0.2, 0) is 6.54 Å². The van der Waals surface area contributed by atoms with Gasteiger partial charge in [-0.1, -0.05) is 23.7 Å². The van der Waals surface area contributed by atoms with Crippen molar-refractivity contribution in [1.29, 1.82) is 0 Å². The Morgan fingerprint density at radius 1 is 1.10 bits per heavy atom. The summed E-state index contributed by atoms with van der Waals surface area (Å²) in [4.78, 5) is 13.8. The van der Waals surface area contributed by atoms with Crippen LogP contribution in [0.15, 0.2) is 42.5 Å². The molecule has 0 aromatic heterocycles. The zero-order chi connectivity index (χ0) is 15.4. The van der Waals surface area contributed by atoms with Crippen molar-refractivity contribution in [3.8, 4) is 0 Å². The number of likely N-dealkylation sites (N-methyl/N-ethyl adjacent to an activating group) is 1. The van der Waals surface area contributed by atoms with Crippen molar-refractivity contribution in [2.75, 3.05) is 13.6 Å². The van der Waals surface area contributed by atoms with Gasteiger partial charge in [-0.25, -0.2) is 8.78 Å². The Balaban J connectivity index is 1.98. The number of halogens is 3.